The van der Waals surface area contributed by atoms with Crippen LogP contribution in [0.2, 0.25) is 0 Å². The molecule has 0 aliphatic carbocycles. The zero-order valence-corrected chi connectivity index (χ0v) is 11.1. The van der Waals surface area contributed by atoms with Gasteiger partial charge in [0.2, 0.25) is 0 Å². The lowest BCUT2D eigenvalue weighted by atomic mass is 9.99. The van der Waals surface area contributed by atoms with Crippen molar-refractivity contribution in [2.75, 3.05) is 7.11 Å². The number of methoxy groups -OCH3 is 1. The van der Waals surface area contributed by atoms with Gasteiger partial charge >= 0.3 is 0 Å². The zero-order chi connectivity index (χ0) is 13.8. The van der Waals surface area contributed by atoms with Crippen molar-refractivity contribution in [2.24, 2.45) is 0 Å². The van der Waals surface area contributed by atoms with Crippen LogP contribution < -0.4 is 0 Å². The molecule has 1 heterocycles. The smallest absolute Gasteiger partial charge is 0.186 e. The third-order valence-corrected chi connectivity index (χ3v) is 3.29. The summed E-state index contributed by atoms with van der Waals surface area (Å²) in [5.41, 5.74) is 1.00. The first-order chi connectivity index (χ1) is 9.13. The first-order valence-electron chi connectivity index (χ1n) is 6.33. The quantitative estimate of drug-likeness (QED) is 0.840. The SMILES string of the molecule is CO[C@@H]1OC(C)[C@H](OCc2ccccc2)[C@H](O)C1O. The van der Waals surface area contributed by atoms with Gasteiger partial charge in [0.1, 0.15) is 18.3 Å². The second kappa shape index (κ2) is 6.45. The van der Waals surface area contributed by atoms with Crippen LogP contribution in [-0.2, 0) is 20.8 Å². The molecule has 0 spiro atoms. The van der Waals surface area contributed by atoms with Crippen LogP contribution in [0.15, 0.2) is 30.3 Å². The van der Waals surface area contributed by atoms with Crippen LogP contribution in [0.3, 0.4) is 0 Å². The summed E-state index contributed by atoms with van der Waals surface area (Å²) in [4.78, 5) is 0. The Labute approximate surface area is 112 Å². The van der Waals surface area contributed by atoms with Gasteiger partial charge < -0.3 is 24.4 Å². The highest BCUT2D eigenvalue weighted by atomic mass is 16.7. The van der Waals surface area contributed by atoms with Crippen LogP contribution in [0.4, 0.5) is 0 Å². The van der Waals surface area contributed by atoms with E-state index in [9.17, 15) is 10.2 Å². The van der Waals surface area contributed by atoms with Gasteiger partial charge in [-0.15, -0.1) is 0 Å². The minimum atomic E-state index is -1.11. The summed E-state index contributed by atoms with van der Waals surface area (Å²) in [6.45, 7) is 2.15. The standard InChI is InChI=1S/C14H20O5/c1-9-13(11(15)12(16)14(17-2)19-9)18-8-10-6-4-3-5-7-10/h3-7,9,11-16H,8H2,1-2H3/t9?,11-,12?,13+,14-/m1/s1. The molecule has 0 bridgehead atoms. The van der Waals surface area contributed by atoms with Gasteiger partial charge in [-0.1, -0.05) is 30.3 Å². The van der Waals surface area contributed by atoms with E-state index < -0.39 is 24.6 Å². The van der Waals surface area contributed by atoms with E-state index in [4.69, 9.17) is 14.2 Å². The maximum Gasteiger partial charge on any atom is 0.186 e. The van der Waals surface area contributed by atoms with E-state index in [1.807, 2.05) is 30.3 Å². The van der Waals surface area contributed by atoms with E-state index >= 15 is 0 Å². The number of aliphatic hydroxyl groups is 2. The van der Waals surface area contributed by atoms with Crippen molar-refractivity contribution in [2.45, 2.75) is 44.2 Å². The molecular weight excluding hydrogens is 248 g/mol. The lowest BCUT2D eigenvalue weighted by Gasteiger charge is -2.40. The lowest BCUT2D eigenvalue weighted by Crippen LogP contribution is -2.57. The van der Waals surface area contributed by atoms with Crippen molar-refractivity contribution in [1.82, 2.24) is 0 Å². The molecule has 2 rings (SSSR count). The van der Waals surface area contributed by atoms with Gasteiger partial charge in [0.15, 0.2) is 6.29 Å². The zero-order valence-electron chi connectivity index (χ0n) is 11.1. The maximum atomic E-state index is 10.1. The highest BCUT2D eigenvalue weighted by Crippen LogP contribution is 2.24. The molecule has 1 aromatic carbocycles. The largest absolute Gasteiger partial charge is 0.387 e. The van der Waals surface area contributed by atoms with E-state index in [2.05, 4.69) is 0 Å². The average Bonchev–Trinajstić information content (AvgIpc) is 2.44. The number of hydrogen-bond acceptors (Lipinski definition) is 5. The van der Waals surface area contributed by atoms with Gasteiger partial charge in [0.25, 0.3) is 0 Å². The molecule has 2 unspecified atom stereocenters. The van der Waals surface area contributed by atoms with Crippen LogP contribution in [0, 0.1) is 0 Å². The minimum absolute atomic E-state index is 0.355. The van der Waals surface area contributed by atoms with Crippen LogP contribution >= 0.6 is 0 Å². The molecule has 106 valence electrons. The van der Waals surface area contributed by atoms with Crippen molar-refractivity contribution in [3.05, 3.63) is 35.9 Å². The third kappa shape index (κ3) is 3.32. The molecule has 2 N–H and O–H groups in total. The molecule has 0 saturated carbocycles. The van der Waals surface area contributed by atoms with Crippen LogP contribution in [0.1, 0.15) is 12.5 Å². The monoisotopic (exact) mass is 268 g/mol. The third-order valence-electron chi connectivity index (χ3n) is 3.29. The summed E-state index contributed by atoms with van der Waals surface area (Å²) in [7, 11) is 1.43. The molecule has 5 heteroatoms. The van der Waals surface area contributed by atoms with Crippen LogP contribution in [0.25, 0.3) is 0 Å². The summed E-state index contributed by atoms with van der Waals surface area (Å²) < 4.78 is 16.1. The van der Waals surface area contributed by atoms with Gasteiger partial charge in [0, 0.05) is 7.11 Å². The van der Waals surface area contributed by atoms with E-state index in [-0.39, 0.29) is 6.10 Å². The Kier molecular flexibility index (Phi) is 4.90. The van der Waals surface area contributed by atoms with Gasteiger partial charge in [-0.05, 0) is 12.5 Å². The van der Waals surface area contributed by atoms with Crippen molar-refractivity contribution < 1.29 is 24.4 Å². The fourth-order valence-electron chi connectivity index (χ4n) is 2.20. The number of ether oxygens (including phenoxy) is 3. The van der Waals surface area contributed by atoms with Gasteiger partial charge in [-0.25, -0.2) is 0 Å². The summed E-state index contributed by atoms with van der Waals surface area (Å²) >= 11 is 0. The van der Waals surface area contributed by atoms with Gasteiger partial charge in [-0.2, -0.15) is 0 Å². The van der Waals surface area contributed by atoms with E-state index in [1.54, 1.807) is 6.92 Å². The predicted molar refractivity (Wildman–Crippen MR) is 68.4 cm³/mol. The number of benzene rings is 1. The Morgan fingerprint density at radius 2 is 1.84 bits per heavy atom. The molecule has 0 amide bonds. The minimum Gasteiger partial charge on any atom is -0.387 e. The van der Waals surface area contributed by atoms with Crippen molar-refractivity contribution in [3.63, 3.8) is 0 Å². The van der Waals surface area contributed by atoms with Crippen molar-refractivity contribution in [1.29, 1.82) is 0 Å². The van der Waals surface area contributed by atoms with Crippen molar-refractivity contribution in [3.8, 4) is 0 Å². The molecule has 19 heavy (non-hydrogen) atoms. The molecule has 1 fully saturated rings. The average molecular weight is 268 g/mol. The number of aliphatic hydroxyl groups excluding tert-OH is 2. The van der Waals surface area contributed by atoms with Gasteiger partial charge in [0.05, 0.1) is 12.7 Å². The predicted octanol–water partition coefficient (Wildman–Crippen LogP) is 0.685. The molecule has 5 nitrogen and oxygen atoms in total. The molecule has 5 atom stereocenters. The van der Waals surface area contributed by atoms with E-state index in [0.717, 1.165) is 5.56 Å². The molecule has 1 saturated heterocycles. The maximum absolute atomic E-state index is 10.1. The Hall–Kier alpha value is -0.980. The van der Waals surface area contributed by atoms with Crippen LogP contribution in [0.5, 0.6) is 0 Å². The molecule has 1 aliphatic heterocycles. The number of rotatable bonds is 4. The molecule has 0 radical (unpaired) electrons. The summed E-state index contributed by atoms with van der Waals surface area (Å²) in [5, 5.41) is 19.9. The molecule has 0 aromatic heterocycles. The fourth-order valence-corrected chi connectivity index (χ4v) is 2.20. The van der Waals surface area contributed by atoms with Crippen LogP contribution in [-0.4, -0.2) is 48.0 Å². The molecular formula is C14H20O5. The Morgan fingerprint density at radius 1 is 1.16 bits per heavy atom. The van der Waals surface area contributed by atoms with Gasteiger partial charge in [-0.3, -0.25) is 0 Å². The lowest BCUT2D eigenvalue weighted by molar-refractivity contribution is -0.294. The fraction of sp³-hybridized carbons (Fsp3) is 0.571. The summed E-state index contributed by atoms with van der Waals surface area (Å²) in [6, 6.07) is 9.65. The molecule has 1 aliphatic rings. The highest BCUT2D eigenvalue weighted by molar-refractivity contribution is 5.13. The van der Waals surface area contributed by atoms with E-state index in [0.29, 0.717) is 6.61 Å². The second-order valence-electron chi connectivity index (χ2n) is 4.69. The number of hydrogen-bond donors (Lipinski definition) is 2. The Bertz CT molecular complexity index is 383. The normalized spacial score (nSPS) is 35.3. The molecule has 1 aromatic rings. The summed E-state index contributed by atoms with van der Waals surface area (Å²) in [5.74, 6) is 0. The first-order valence-corrected chi connectivity index (χ1v) is 6.33. The highest BCUT2D eigenvalue weighted by Gasteiger charge is 2.43. The Balaban J connectivity index is 1.96. The van der Waals surface area contributed by atoms with Crippen molar-refractivity contribution >= 4 is 0 Å². The second-order valence-corrected chi connectivity index (χ2v) is 4.69. The first kappa shape index (κ1) is 14.4. The summed E-state index contributed by atoms with van der Waals surface area (Å²) in [6.07, 6.45) is -3.89. The van der Waals surface area contributed by atoms with E-state index in [1.165, 1.54) is 7.11 Å². The topological polar surface area (TPSA) is 68.2 Å². The Morgan fingerprint density at radius 3 is 2.47 bits per heavy atom.